The molecule has 0 saturated carbocycles. The molecule has 2 aromatic carbocycles. The van der Waals surface area contributed by atoms with Gasteiger partial charge in [0.2, 0.25) is 0 Å². The van der Waals surface area contributed by atoms with Crippen LogP contribution in [-0.2, 0) is 6.54 Å². The van der Waals surface area contributed by atoms with E-state index >= 15 is 0 Å². The number of nitrogens with zero attached hydrogens (tertiary/aromatic N) is 2. The van der Waals surface area contributed by atoms with Gasteiger partial charge in [-0.05, 0) is 49.2 Å². The summed E-state index contributed by atoms with van der Waals surface area (Å²) in [6.07, 6.45) is 0.839. The summed E-state index contributed by atoms with van der Waals surface area (Å²) in [6, 6.07) is 14.2. The maximum absolute atomic E-state index is 11.6. The van der Waals surface area contributed by atoms with Crippen LogP contribution in [0.15, 0.2) is 48.5 Å². The van der Waals surface area contributed by atoms with E-state index in [1.54, 1.807) is 23.9 Å². The minimum Gasteiger partial charge on any atom is -0.496 e. The van der Waals surface area contributed by atoms with Crippen LogP contribution in [0.1, 0.15) is 37.0 Å². The zero-order chi connectivity index (χ0) is 22.4. The van der Waals surface area contributed by atoms with Crippen molar-refractivity contribution in [3.8, 4) is 34.0 Å². The topological polar surface area (TPSA) is 93.8 Å². The molecule has 7 nitrogen and oxygen atoms in total. The largest absolute Gasteiger partial charge is 0.496 e. The third-order valence-electron chi connectivity index (χ3n) is 4.98. The first-order valence-corrected chi connectivity index (χ1v) is 10.4. The molecule has 0 fully saturated rings. The molecule has 1 heterocycles. The molecule has 0 aliphatic heterocycles. The van der Waals surface area contributed by atoms with Crippen molar-refractivity contribution in [2.24, 2.45) is 0 Å². The number of rotatable bonds is 10. The molecule has 0 radical (unpaired) electrons. The highest BCUT2D eigenvalue weighted by Gasteiger charge is 2.20. The third kappa shape index (κ3) is 5.06. The highest BCUT2D eigenvalue weighted by atomic mass is 16.5. The van der Waals surface area contributed by atoms with Crippen LogP contribution in [0.5, 0.6) is 11.5 Å². The summed E-state index contributed by atoms with van der Waals surface area (Å²) in [4.78, 5) is 11.6. The van der Waals surface area contributed by atoms with Gasteiger partial charge in [0.05, 0.1) is 43.3 Å². The highest BCUT2D eigenvalue weighted by molar-refractivity contribution is 5.90. The van der Waals surface area contributed by atoms with Crippen molar-refractivity contribution in [1.29, 1.82) is 0 Å². The number of aliphatic hydroxyl groups excluding tert-OH is 1. The Kier molecular flexibility index (Phi) is 7.31. The highest BCUT2D eigenvalue weighted by Crippen LogP contribution is 2.36. The Labute approximate surface area is 181 Å². The molecule has 0 aliphatic carbocycles. The average Bonchev–Trinajstić information content (AvgIpc) is 3.20. The van der Waals surface area contributed by atoms with Crippen molar-refractivity contribution in [3.05, 3.63) is 54.1 Å². The lowest BCUT2D eigenvalue weighted by atomic mass is 10.0. The Morgan fingerprint density at radius 1 is 1.10 bits per heavy atom. The van der Waals surface area contributed by atoms with Crippen molar-refractivity contribution in [1.82, 2.24) is 9.78 Å². The normalized spacial score (nSPS) is 11.9. The van der Waals surface area contributed by atoms with E-state index in [0.29, 0.717) is 42.3 Å². The molecule has 164 valence electrons. The van der Waals surface area contributed by atoms with E-state index in [2.05, 4.69) is 0 Å². The minimum absolute atomic E-state index is 0.154. The Morgan fingerprint density at radius 2 is 1.87 bits per heavy atom. The predicted octanol–water partition coefficient (Wildman–Crippen LogP) is 4.48. The quantitative estimate of drug-likeness (QED) is 0.498. The Balaban J connectivity index is 2.18. The molecule has 1 atom stereocenters. The zero-order valence-electron chi connectivity index (χ0n) is 18.0. The molecule has 0 spiro atoms. The minimum atomic E-state index is -1.02. The smallest absolute Gasteiger partial charge is 0.335 e. The molecule has 1 aromatic heterocycles. The summed E-state index contributed by atoms with van der Waals surface area (Å²) >= 11 is 0. The zero-order valence-corrected chi connectivity index (χ0v) is 18.0. The summed E-state index contributed by atoms with van der Waals surface area (Å²) in [5.74, 6) is 0.233. The van der Waals surface area contributed by atoms with Crippen LogP contribution in [0.4, 0.5) is 0 Å². The number of aromatic nitrogens is 2. The SMILES string of the molecule is CCCOc1ccc(C(=O)O)cc1-c1cc(-c2ccccc2OC)n(CC(O)CC)n1. The third-order valence-corrected chi connectivity index (χ3v) is 4.98. The van der Waals surface area contributed by atoms with Crippen LogP contribution in [0.3, 0.4) is 0 Å². The van der Waals surface area contributed by atoms with Gasteiger partial charge < -0.3 is 19.7 Å². The second-order valence-corrected chi connectivity index (χ2v) is 7.22. The fourth-order valence-corrected chi connectivity index (χ4v) is 3.29. The maximum atomic E-state index is 11.6. The van der Waals surface area contributed by atoms with Gasteiger partial charge in [-0.25, -0.2) is 4.79 Å². The van der Waals surface area contributed by atoms with E-state index in [9.17, 15) is 15.0 Å². The van der Waals surface area contributed by atoms with E-state index in [4.69, 9.17) is 14.6 Å². The lowest BCUT2D eigenvalue weighted by Gasteiger charge is -2.13. The fourth-order valence-electron chi connectivity index (χ4n) is 3.29. The molecule has 1 unspecified atom stereocenters. The number of benzene rings is 2. The van der Waals surface area contributed by atoms with Gasteiger partial charge in [-0.1, -0.05) is 26.0 Å². The molecule has 3 aromatic rings. The van der Waals surface area contributed by atoms with E-state index in [1.807, 2.05) is 44.2 Å². The van der Waals surface area contributed by atoms with Gasteiger partial charge in [-0.3, -0.25) is 4.68 Å². The lowest BCUT2D eigenvalue weighted by molar-refractivity contribution is 0.0697. The molecular formula is C24H28N2O5. The van der Waals surface area contributed by atoms with Gasteiger partial charge in [0, 0.05) is 11.1 Å². The summed E-state index contributed by atoms with van der Waals surface area (Å²) in [5, 5.41) is 24.5. The average molecular weight is 424 g/mol. The number of carboxylic acid groups (broad SMARTS) is 1. The standard InChI is InChI=1S/C24H28N2O5/c1-4-12-31-23-11-10-16(24(28)29)13-19(23)20-14-21(26(25-20)15-17(27)5-2)18-8-6-7-9-22(18)30-3/h6-11,13-14,17,27H,4-5,12,15H2,1-3H3,(H,28,29). The molecular weight excluding hydrogens is 396 g/mol. The monoisotopic (exact) mass is 424 g/mol. The summed E-state index contributed by atoms with van der Waals surface area (Å²) in [7, 11) is 1.61. The van der Waals surface area contributed by atoms with E-state index < -0.39 is 12.1 Å². The second kappa shape index (κ2) is 10.1. The lowest BCUT2D eigenvalue weighted by Crippen LogP contribution is -2.16. The van der Waals surface area contributed by atoms with E-state index in [1.165, 1.54) is 6.07 Å². The molecule has 0 bridgehead atoms. The van der Waals surface area contributed by atoms with Crippen molar-refractivity contribution in [3.63, 3.8) is 0 Å². The van der Waals surface area contributed by atoms with Gasteiger partial charge in [0.1, 0.15) is 11.5 Å². The molecule has 0 saturated heterocycles. The number of para-hydroxylation sites is 1. The Bertz CT molecular complexity index is 1040. The molecule has 0 amide bonds. The second-order valence-electron chi connectivity index (χ2n) is 7.22. The fraction of sp³-hybridized carbons (Fsp3) is 0.333. The number of carbonyl (C=O) groups is 1. The number of aromatic carboxylic acids is 1. The molecule has 2 N–H and O–H groups in total. The number of hydrogen-bond acceptors (Lipinski definition) is 5. The maximum Gasteiger partial charge on any atom is 0.335 e. The first-order chi connectivity index (χ1) is 15.0. The first-order valence-electron chi connectivity index (χ1n) is 10.4. The molecule has 7 heteroatoms. The van der Waals surface area contributed by atoms with Crippen LogP contribution in [0.25, 0.3) is 22.5 Å². The number of hydrogen-bond donors (Lipinski definition) is 2. The van der Waals surface area contributed by atoms with E-state index in [-0.39, 0.29) is 5.56 Å². The number of carboxylic acids is 1. The number of methoxy groups -OCH3 is 1. The van der Waals surface area contributed by atoms with Crippen molar-refractivity contribution >= 4 is 5.97 Å². The Morgan fingerprint density at radius 3 is 2.55 bits per heavy atom. The Hall–Kier alpha value is -3.32. The molecule has 31 heavy (non-hydrogen) atoms. The van der Waals surface area contributed by atoms with Crippen LogP contribution < -0.4 is 9.47 Å². The van der Waals surface area contributed by atoms with Crippen molar-refractivity contribution in [2.75, 3.05) is 13.7 Å². The van der Waals surface area contributed by atoms with Gasteiger partial charge in [0.15, 0.2) is 0 Å². The van der Waals surface area contributed by atoms with Crippen LogP contribution in [0.2, 0.25) is 0 Å². The van der Waals surface area contributed by atoms with Gasteiger partial charge in [0.25, 0.3) is 0 Å². The van der Waals surface area contributed by atoms with Gasteiger partial charge in [-0.15, -0.1) is 0 Å². The summed E-state index contributed by atoms with van der Waals surface area (Å²) < 4.78 is 13.1. The summed E-state index contributed by atoms with van der Waals surface area (Å²) in [5.41, 5.74) is 2.91. The van der Waals surface area contributed by atoms with Crippen molar-refractivity contribution < 1.29 is 24.5 Å². The predicted molar refractivity (Wildman–Crippen MR) is 119 cm³/mol. The number of aliphatic hydroxyl groups is 1. The van der Waals surface area contributed by atoms with E-state index in [0.717, 1.165) is 17.7 Å². The van der Waals surface area contributed by atoms with Gasteiger partial charge in [-0.2, -0.15) is 5.10 Å². The molecule has 3 rings (SSSR count). The number of ether oxygens (including phenoxy) is 2. The van der Waals surface area contributed by atoms with Gasteiger partial charge >= 0.3 is 5.97 Å². The van der Waals surface area contributed by atoms with Crippen LogP contribution in [-0.4, -0.2) is 45.8 Å². The van der Waals surface area contributed by atoms with Crippen LogP contribution in [0, 0.1) is 0 Å². The first kappa shape index (κ1) is 22.4. The van der Waals surface area contributed by atoms with Crippen LogP contribution >= 0.6 is 0 Å². The molecule has 0 aliphatic rings. The van der Waals surface area contributed by atoms with Crippen molar-refractivity contribution in [2.45, 2.75) is 39.3 Å². The summed E-state index contributed by atoms with van der Waals surface area (Å²) in [6.45, 7) is 4.72.